The first-order valence-electron chi connectivity index (χ1n) is 10.2. The van der Waals surface area contributed by atoms with E-state index in [0.717, 1.165) is 0 Å². The van der Waals surface area contributed by atoms with Crippen molar-refractivity contribution in [2.75, 3.05) is 0 Å². The molecule has 0 atom stereocenters. The van der Waals surface area contributed by atoms with Crippen LogP contribution in [0, 0.1) is 8.99 Å². The maximum atomic E-state index is 2.44. The van der Waals surface area contributed by atoms with E-state index in [0.29, 0.717) is 0 Å². The quantitative estimate of drug-likeness (QED) is 0.290. The Morgan fingerprint density at radius 2 is 1.24 bits per heavy atom. The largest absolute Gasteiger partial charge is 0.0747 e. The minimum absolute atomic E-state index is 0.0469. The monoisotopic (exact) mass is 484 g/mol. The van der Waals surface area contributed by atoms with Gasteiger partial charge in [0.05, 0.1) is 5.41 Å². The molecule has 0 radical (unpaired) electrons. The molecule has 1 heteroatoms. The average molecular weight is 484 g/mol. The van der Waals surface area contributed by atoms with Crippen LogP contribution in [0.4, 0.5) is 0 Å². The van der Waals surface area contributed by atoms with Crippen molar-refractivity contribution >= 4 is 28.2 Å². The molecule has 0 amide bonds. The van der Waals surface area contributed by atoms with E-state index < -0.39 is 0 Å². The fourth-order valence-corrected chi connectivity index (χ4v) is 5.91. The summed E-state index contributed by atoms with van der Waals surface area (Å²) in [6.45, 7) is 4.56. The normalized spacial score (nSPS) is 19.0. The Hall–Kier alpha value is -2.39. The summed E-state index contributed by atoms with van der Waals surface area (Å²) in [6.07, 6.45) is 9.48. The predicted molar refractivity (Wildman–Crippen MR) is 130 cm³/mol. The lowest BCUT2D eigenvalue weighted by molar-refractivity contribution is 0.625. The molecule has 0 N–H and O–H groups in total. The highest BCUT2D eigenvalue weighted by Crippen LogP contribution is 2.62. The zero-order valence-corrected chi connectivity index (χ0v) is 18.7. The zero-order chi connectivity index (χ0) is 19.8. The number of hydrogen-bond donors (Lipinski definition) is 0. The molecule has 0 unspecified atom stereocenters. The molecule has 0 nitrogen and oxygen atoms in total. The molecular weight excluding hydrogens is 463 g/mol. The van der Waals surface area contributed by atoms with Crippen molar-refractivity contribution in [3.05, 3.63) is 122 Å². The molecule has 0 saturated carbocycles. The molecule has 6 rings (SSSR count). The van der Waals surface area contributed by atoms with Crippen LogP contribution in [-0.4, -0.2) is 0 Å². The lowest BCUT2D eigenvalue weighted by atomic mass is 9.69. The third kappa shape index (κ3) is 2.20. The molecule has 3 aliphatic carbocycles. The van der Waals surface area contributed by atoms with Gasteiger partial charge in [0.25, 0.3) is 0 Å². The third-order valence-electron chi connectivity index (χ3n) is 6.68. The van der Waals surface area contributed by atoms with Crippen molar-refractivity contribution in [1.82, 2.24) is 0 Å². The van der Waals surface area contributed by atoms with Gasteiger partial charge in [-0.25, -0.2) is 0 Å². The van der Waals surface area contributed by atoms with Crippen molar-refractivity contribution in [2.24, 2.45) is 5.41 Å². The van der Waals surface area contributed by atoms with Crippen molar-refractivity contribution < 1.29 is 0 Å². The van der Waals surface area contributed by atoms with Gasteiger partial charge < -0.3 is 0 Å². The van der Waals surface area contributed by atoms with Gasteiger partial charge in [0.2, 0.25) is 0 Å². The van der Waals surface area contributed by atoms with Crippen molar-refractivity contribution in [3.8, 4) is 11.1 Å². The number of fused-ring (bicyclic) bond motifs is 9. The second kappa shape index (κ2) is 5.82. The lowest BCUT2D eigenvalue weighted by Crippen LogP contribution is -2.26. The summed E-state index contributed by atoms with van der Waals surface area (Å²) >= 11 is 2.44. The molecule has 0 bridgehead atoms. The summed E-state index contributed by atoms with van der Waals surface area (Å²) in [6, 6.07) is 24.9. The molecule has 0 aromatic heterocycles. The van der Waals surface area contributed by atoms with E-state index in [1.165, 1.54) is 48.1 Å². The Balaban J connectivity index is 1.81. The van der Waals surface area contributed by atoms with E-state index in [2.05, 4.69) is 127 Å². The Bertz CT molecular complexity index is 1240. The Morgan fingerprint density at radius 3 is 1.93 bits per heavy atom. The third-order valence-corrected chi connectivity index (χ3v) is 7.35. The van der Waals surface area contributed by atoms with E-state index in [1.807, 2.05) is 0 Å². The van der Waals surface area contributed by atoms with Gasteiger partial charge in [-0.15, -0.1) is 0 Å². The van der Waals surface area contributed by atoms with E-state index in [-0.39, 0.29) is 10.8 Å². The first-order chi connectivity index (χ1) is 14.0. The summed E-state index contributed by atoms with van der Waals surface area (Å²) in [4.78, 5) is 0. The molecule has 3 aromatic rings. The number of rotatable bonds is 0. The van der Waals surface area contributed by atoms with Crippen LogP contribution < -0.4 is 0 Å². The van der Waals surface area contributed by atoms with Crippen LogP contribution in [0.2, 0.25) is 0 Å². The SMILES string of the molecule is CC1(C)C=CC2=C(C=C1)C1(c3ccc(I)cc32)c2ccccc2-c2ccccc21. The molecule has 140 valence electrons. The molecule has 0 saturated heterocycles. The van der Waals surface area contributed by atoms with Crippen molar-refractivity contribution in [1.29, 1.82) is 0 Å². The fourth-order valence-electron chi connectivity index (χ4n) is 5.42. The molecule has 29 heavy (non-hydrogen) atoms. The average Bonchev–Trinajstić information content (AvgIpc) is 3.09. The standard InChI is InChI=1S/C28H21I/c1-27(2)15-13-21-22-17-18(29)11-12-25(22)28(26(21)14-16-27)23-9-5-3-7-19(23)20-8-4-6-10-24(20)28/h3-17H,1-2H3. The number of benzene rings is 3. The van der Waals surface area contributed by atoms with E-state index in [1.54, 1.807) is 0 Å². The number of halogens is 1. The highest BCUT2D eigenvalue weighted by Gasteiger charge is 2.52. The molecule has 0 fully saturated rings. The van der Waals surface area contributed by atoms with Crippen molar-refractivity contribution in [2.45, 2.75) is 19.3 Å². The summed E-state index contributed by atoms with van der Waals surface area (Å²) < 4.78 is 1.28. The van der Waals surface area contributed by atoms with Gasteiger partial charge in [0.15, 0.2) is 0 Å². The lowest BCUT2D eigenvalue weighted by Gasteiger charge is -2.31. The zero-order valence-electron chi connectivity index (χ0n) is 16.5. The predicted octanol–water partition coefficient (Wildman–Crippen LogP) is 7.53. The van der Waals surface area contributed by atoms with Crippen LogP contribution in [0.5, 0.6) is 0 Å². The molecule has 1 spiro atoms. The maximum Gasteiger partial charge on any atom is 0.0725 e. The topological polar surface area (TPSA) is 0 Å². The van der Waals surface area contributed by atoms with Gasteiger partial charge in [-0.3, -0.25) is 0 Å². The van der Waals surface area contributed by atoms with Gasteiger partial charge in [0, 0.05) is 8.99 Å². The number of allylic oxidation sites excluding steroid dienone is 6. The summed E-state index contributed by atoms with van der Waals surface area (Å²) in [5, 5.41) is 0. The molecule has 3 aromatic carbocycles. The van der Waals surface area contributed by atoms with Crippen LogP contribution in [0.1, 0.15) is 36.1 Å². The minimum atomic E-state index is -0.233. The van der Waals surface area contributed by atoms with Crippen LogP contribution in [0.3, 0.4) is 0 Å². The van der Waals surface area contributed by atoms with Gasteiger partial charge in [-0.05, 0) is 79.3 Å². The maximum absolute atomic E-state index is 2.44. The van der Waals surface area contributed by atoms with Gasteiger partial charge in [-0.2, -0.15) is 0 Å². The van der Waals surface area contributed by atoms with Crippen LogP contribution in [0.15, 0.2) is 96.6 Å². The summed E-state index contributed by atoms with van der Waals surface area (Å²) in [5.74, 6) is 0. The highest BCUT2D eigenvalue weighted by atomic mass is 127. The second-order valence-electron chi connectivity index (χ2n) is 8.85. The van der Waals surface area contributed by atoms with Crippen molar-refractivity contribution in [3.63, 3.8) is 0 Å². The van der Waals surface area contributed by atoms with E-state index in [4.69, 9.17) is 0 Å². The van der Waals surface area contributed by atoms with Crippen LogP contribution in [0.25, 0.3) is 16.7 Å². The number of hydrogen-bond acceptors (Lipinski definition) is 0. The molecule has 0 aliphatic heterocycles. The first kappa shape index (κ1) is 17.5. The van der Waals surface area contributed by atoms with E-state index >= 15 is 0 Å². The molecule has 0 heterocycles. The highest BCUT2D eigenvalue weighted by molar-refractivity contribution is 14.1. The molecular formula is C28H21I. The summed E-state index contributed by atoms with van der Waals surface area (Å²) in [5.41, 5.74) is 10.9. The minimum Gasteiger partial charge on any atom is -0.0747 e. The van der Waals surface area contributed by atoms with Gasteiger partial charge in [0.1, 0.15) is 0 Å². The first-order valence-corrected chi connectivity index (χ1v) is 11.2. The smallest absolute Gasteiger partial charge is 0.0725 e. The Kier molecular flexibility index (Phi) is 3.51. The Morgan fingerprint density at radius 1 is 0.655 bits per heavy atom. The second-order valence-corrected chi connectivity index (χ2v) is 10.1. The van der Waals surface area contributed by atoms with Crippen LogP contribution in [-0.2, 0) is 5.41 Å². The van der Waals surface area contributed by atoms with E-state index in [9.17, 15) is 0 Å². The Labute approximate surface area is 185 Å². The molecule has 3 aliphatic rings. The van der Waals surface area contributed by atoms with Crippen LogP contribution >= 0.6 is 22.6 Å². The fraction of sp³-hybridized carbons (Fsp3) is 0.143. The van der Waals surface area contributed by atoms with Gasteiger partial charge >= 0.3 is 0 Å². The van der Waals surface area contributed by atoms with Gasteiger partial charge in [-0.1, -0.05) is 92.7 Å². The summed E-state index contributed by atoms with van der Waals surface area (Å²) in [7, 11) is 0.